The van der Waals surface area contributed by atoms with Gasteiger partial charge < -0.3 is 10.3 Å². The summed E-state index contributed by atoms with van der Waals surface area (Å²) in [5, 5.41) is 0. The van der Waals surface area contributed by atoms with Crippen LogP contribution >= 0.6 is 0 Å². The van der Waals surface area contributed by atoms with Crippen LogP contribution in [0.5, 0.6) is 0 Å². The lowest BCUT2D eigenvalue weighted by Gasteiger charge is -2.25. The lowest BCUT2D eigenvalue weighted by molar-refractivity contribution is 0.639. The quantitative estimate of drug-likeness (QED) is 0.597. The number of nitrogen functional groups attached to an aromatic ring is 1. The fourth-order valence-corrected chi connectivity index (χ4v) is 2.33. The zero-order chi connectivity index (χ0) is 11.5. The Kier molecular flexibility index (Phi) is 3.24. The number of nitrogens with two attached hydrogens (primary N) is 1. The number of rotatable bonds is 3. The highest BCUT2D eigenvalue weighted by Gasteiger charge is 2.24. The molecule has 0 bridgehead atoms. The number of hydrogen-bond acceptors (Lipinski definition) is 5. The molecule has 0 saturated carbocycles. The van der Waals surface area contributed by atoms with Gasteiger partial charge in [0.15, 0.2) is 0 Å². The highest BCUT2D eigenvalue weighted by molar-refractivity contribution is 5.50. The third kappa shape index (κ3) is 2.09. The van der Waals surface area contributed by atoms with Crippen LogP contribution in [0.4, 0.5) is 11.6 Å². The Morgan fingerprint density at radius 2 is 2.38 bits per heavy atom. The summed E-state index contributed by atoms with van der Waals surface area (Å²) >= 11 is 0. The van der Waals surface area contributed by atoms with Gasteiger partial charge in [0.05, 0.1) is 0 Å². The zero-order valence-electron chi connectivity index (χ0n) is 9.90. The average Bonchev–Trinajstić information content (AvgIpc) is 2.76. The molecule has 5 heteroatoms. The fraction of sp³-hybridized carbons (Fsp3) is 0.636. The van der Waals surface area contributed by atoms with Crippen molar-refractivity contribution in [3.05, 3.63) is 11.9 Å². The van der Waals surface area contributed by atoms with Gasteiger partial charge in [0, 0.05) is 18.7 Å². The summed E-state index contributed by atoms with van der Waals surface area (Å²) in [6, 6.07) is 2.53. The topological polar surface area (TPSA) is 67.1 Å². The van der Waals surface area contributed by atoms with E-state index in [2.05, 4.69) is 27.2 Å². The Morgan fingerprint density at radius 3 is 3.06 bits per heavy atom. The van der Waals surface area contributed by atoms with E-state index in [4.69, 9.17) is 5.84 Å². The fourth-order valence-electron chi connectivity index (χ4n) is 2.33. The third-order valence-electron chi connectivity index (χ3n) is 3.11. The van der Waals surface area contributed by atoms with Gasteiger partial charge in [-0.15, -0.1) is 0 Å². The van der Waals surface area contributed by atoms with Crippen LogP contribution in [-0.2, 0) is 0 Å². The van der Waals surface area contributed by atoms with Gasteiger partial charge in [-0.2, -0.15) is 0 Å². The molecule has 0 spiro atoms. The van der Waals surface area contributed by atoms with Gasteiger partial charge in [-0.1, -0.05) is 6.92 Å². The van der Waals surface area contributed by atoms with Gasteiger partial charge in [0.2, 0.25) is 0 Å². The lowest BCUT2D eigenvalue weighted by atomic mass is 10.2. The van der Waals surface area contributed by atoms with Crippen molar-refractivity contribution in [3.63, 3.8) is 0 Å². The van der Waals surface area contributed by atoms with Crippen LogP contribution in [0, 0.1) is 6.92 Å². The zero-order valence-corrected chi connectivity index (χ0v) is 9.90. The van der Waals surface area contributed by atoms with E-state index >= 15 is 0 Å². The summed E-state index contributed by atoms with van der Waals surface area (Å²) in [6.07, 6.45) is 3.66. The minimum absolute atomic E-state index is 0.611. The van der Waals surface area contributed by atoms with E-state index in [0.717, 1.165) is 24.6 Å². The molecular formula is C11H19N5. The van der Waals surface area contributed by atoms with Crippen LogP contribution < -0.4 is 16.2 Å². The first-order valence-corrected chi connectivity index (χ1v) is 5.83. The van der Waals surface area contributed by atoms with Crippen LogP contribution in [-0.4, -0.2) is 22.6 Å². The molecule has 2 heterocycles. The number of nitrogens with one attached hydrogen (secondary N) is 1. The van der Waals surface area contributed by atoms with Crippen LogP contribution in [0.25, 0.3) is 0 Å². The highest BCUT2D eigenvalue weighted by Crippen LogP contribution is 2.26. The molecule has 1 aliphatic heterocycles. The van der Waals surface area contributed by atoms with E-state index < -0.39 is 0 Å². The second kappa shape index (κ2) is 4.65. The number of hydrazine groups is 1. The molecule has 1 aromatic rings. The summed E-state index contributed by atoms with van der Waals surface area (Å²) in [5.41, 5.74) is 2.59. The Balaban J connectivity index is 2.28. The van der Waals surface area contributed by atoms with Crippen molar-refractivity contribution in [2.24, 2.45) is 5.84 Å². The predicted octanol–water partition coefficient (Wildman–Crippen LogP) is 1.45. The molecule has 1 aromatic heterocycles. The van der Waals surface area contributed by atoms with Crippen molar-refractivity contribution in [2.45, 2.75) is 39.2 Å². The minimum atomic E-state index is 0.611. The molecule has 1 unspecified atom stereocenters. The van der Waals surface area contributed by atoms with Crippen molar-refractivity contribution < 1.29 is 0 Å². The number of anilines is 2. The van der Waals surface area contributed by atoms with E-state index in [-0.39, 0.29) is 0 Å². The monoisotopic (exact) mass is 221 g/mol. The second-order valence-corrected chi connectivity index (χ2v) is 4.20. The van der Waals surface area contributed by atoms with Gasteiger partial charge in [0.25, 0.3) is 0 Å². The summed E-state index contributed by atoms with van der Waals surface area (Å²) in [6.45, 7) is 5.19. The standard InChI is InChI=1S/C11H19N5/c1-3-9-5-4-6-16(9)11-7-10(15-12)13-8(2)14-11/h7,9H,3-6,12H2,1-2H3,(H,13,14,15). The van der Waals surface area contributed by atoms with Crippen LogP contribution in [0.15, 0.2) is 6.07 Å². The predicted molar refractivity (Wildman–Crippen MR) is 65.2 cm³/mol. The number of nitrogens with zero attached hydrogens (tertiary/aromatic N) is 3. The van der Waals surface area contributed by atoms with Gasteiger partial charge in [-0.3, -0.25) is 0 Å². The molecule has 3 N–H and O–H groups in total. The maximum Gasteiger partial charge on any atom is 0.145 e. The Morgan fingerprint density at radius 1 is 1.56 bits per heavy atom. The van der Waals surface area contributed by atoms with E-state index in [1.807, 2.05) is 13.0 Å². The van der Waals surface area contributed by atoms with E-state index in [1.54, 1.807) is 0 Å². The molecule has 0 radical (unpaired) electrons. The first kappa shape index (κ1) is 11.1. The molecule has 0 amide bonds. The summed E-state index contributed by atoms with van der Waals surface area (Å²) in [4.78, 5) is 11.0. The third-order valence-corrected chi connectivity index (χ3v) is 3.11. The van der Waals surface area contributed by atoms with E-state index in [0.29, 0.717) is 11.9 Å². The summed E-state index contributed by atoms with van der Waals surface area (Å²) < 4.78 is 0. The van der Waals surface area contributed by atoms with Crippen molar-refractivity contribution in [1.29, 1.82) is 0 Å². The minimum Gasteiger partial charge on any atom is -0.353 e. The maximum atomic E-state index is 5.39. The summed E-state index contributed by atoms with van der Waals surface area (Å²) in [7, 11) is 0. The molecule has 1 atom stereocenters. The van der Waals surface area contributed by atoms with Crippen molar-refractivity contribution in [1.82, 2.24) is 9.97 Å². The molecule has 1 aliphatic rings. The van der Waals surface area contributed by atoms with Crippen LogP contribution in [0.1, 0.15) is 32.0 Å². The summed E-state index contributed by atoms with van der Waals surface area (Å²) in [5.74, 6) is 7.83. The number of hydrogen-bond donors (Lipinski definition) is 2. The average molecular weight is 221 g/mol. The van der Waals surface area contributed by atoms with Crippen LogP contribution in [0.3, 0.4) is 0 Å². The van der Waals surface area contributed by atoms with E-state index in [1.165, 1.54) is 12.8 Å². The Bertz CT molecular complexity index is 365. The maximum absolute atomic E-state index is 5.39. The first-order chi connectivity index (χ1) is 7.74. The molecule has 2 rings (SSSR count). The molecule has 5 nitrogen and oxygen atoms in total. The van der Waals surface area contributed by atoms with Crippen molar-refractivity contribution in [3.8, 4) is 0 Å². The largest absolute Gasteiger partial charge is 0.353 e. The molecular weight excluding hydrogens is 202 g/mol. The van der Waals surface area contributed by atoms with Crippen LogP contribution in [0.2, 0.25) is 0 Å². The molecule has 16 heavy (non-hydrogen) atoms. The number of aryl methyl sites for hydroxylation is 1. The van der Waals surface area contributed by atoms with Gasteiger partial charge >= 0.3 is 0 Å². The Hall–Kier alpha value is -1.36. The smallest absolute Gasteiger partial charge is 0.145 e. The van der Waals surface area contributed by atoms with E-state index in [9.17, 15) is 0 Å². The van der Waals surface area contributed by atoms with Gasteiger partial charge in [0.1, 0.15) is 17.5 Å². The first-order valence-electron chi connectivity index (χ1n) is 5.83. The van der Waals surface area contributed by atoms with Gasteiger partial charge in [-0.25, -0.2) is 15.8 Å². The Labute approximate surface area is 96.0 Å². The highest BCUT2D eigenvalue weighted by atomic mass is 15.3. The normalized spacial score (nSPS) is 20.2. The number of aromatic nitrogens is 2. The molecule has 0 aliphatic carbocycles. The van der Waals surface area contributed by atoms with Gasteiger partial charge in [-0.05, 0) is 26.2 Å². The SMILES string of the molecule is CCC1CCCN1c1cc(NN)nc(C)n1. The molecule has 1 saturated heterocycles. The van der Waals surface area contributed by atoms with Crippen molar-refractivity contribution in [2.75, 3.05) is 16.9 Å². The molecule has 0 aromatic carbocycles. The van der Waals surface area contributed by atoms with Crippen molar-refractivity contribution >= 4 is 11.6 Å². The molecule has 1 fully saturated rings. The lowest BCUT2D eigenvalue weighted by Crippen LogP contribution is -2.29. The second-order valence-electron chi connectivity index (χ2n) is 4.20. The molecule has 88 valence electrons.